The summed E-state index contributed by atoms with van der Waals surface area (Å²) >= 11 is 0. The van der Waals surface area contributed by atoms with Gasteiger partial charge in [0.05, 0.1) is 0 Å². The third kappa shape index (κ3) is 4.75. The maximum absolute atomic E-state index is 5.90. The Morgan fingerprint density at radius 2 is 1.63 bits per heavy atom. The number of hydrogen-bond donors (Lipinski definition) is 2. The highest BCUT2D eigenvalue weighted by molar-refractivity contribution is 4.83. The second-order valence-electron chi connectivity index (χ2n) is 7.07. The minimum Gasteiger partial charge on any atom is -0.271 e. The molecule has 19 heavy (non-hydrogen) atoms. The summed E-state index contributed by atoms with van der Waals surface area (Å²) in [5.74, 6) is 8.63. The average molecular weight is 266 g/mol. The summed E-state index contributed by atoms with van der Waals surface area (Å²) in [6.45, 7) is 2.35. The van der Waals surface area contributed by atoms with Gasteiger partial charge in [0.15, 0.2) is 0 Å². The lowest BCUT2D eigenvalue weighted by molar-refractivity contribution is 0.184. The first-order chi connectivity index (χ1) is 9.33. The molecule has 2 saturated carbocycles. The van der Waals surface area contributed by atoms with Crippen LogP contribution in [0.25, 0.3) is 0 Å². The van der Waals surface area contributed by atoms with Crippen LogP contribution in [-0.2, 0) is 0 Å². The van der Waals surface area contributed by atoms with E-state index in [1.54, 1.807) is 0 Å². The third-order valence-corrected chi connectivity index (χ3v) is 5.75. The van der Waals surface area contributed by atoms with Crippen LogP contribution in [0.1, 0.15) is 84.0 Å². The van der Waals surface area contributed by atoms with E-state index < -0.39 is 0 Å². The molecule has 0 aromatic rings. The quantitative estimate of drug-likeness (QED) is 0.440. The first-order valence-electron chi connectivity index (χ1n) is 8.79. The molecular weight excluding hydrogens is 232 g/mol. The Morgan fingerprint density at radius 1 is 0.947 bits per heavy atom. The normalized spacial score (nSPS) is 31.9. The van der Waals surface area contributed by atoms with Crippen LogP contribution in [0.4, 0.5) is 0 Å². The van der Waals surface area contributed by atoms with Gasteiger partial charge in [-0.2, -0.15) is 0 Å². The second kappa shape index (κ2) is 8.26. The Bertz CT molecular complexity index is 233. The van der Waals surface area contributed by atoms with Crippen molar-refractivity contribution in [3.05, 3.63) is 0 Å². The van der Waals surface area contributed by atoms with Gasteiger partial charge < -0.3 is 0 Å². The van der Waals surface area contributed by atoms with Crippen LogP contribution in [0.15, 0.2) is 0 Å². The molecule has 2 aliphatic carbocycles. The highest BCUT2D eigenvalue weighted by atomic mass is 15.2. The Morgan fingerprint density at radius 3 is 2.26 bits per heavy atom. The summed E-state index contributed by atoms with van der Waals surface area (Å²) in [5.41, 5.74) is 3.18. The first kappa shape index (κ1) is 15.3. The Labute approximate surface area is 119 Å². The van der Waals surface area contributed by atoms with Gasteiger partial charge in [0, 0.05) is 6.04 Å². The fraction of sp³-hybridized carbons (Fsp3) is 1.00. The first-order valence-corrected chi connectivity index (χ1v) is 8.79. The van der Waals surface area contributed by atoms with Crippen molar-refractivity contribution in [1.82, 2.24) is 5.43 Å². The average Bonchev–Trinajstić information content (AvgIpc) is 2.73. The number of hydrazine groups is 1. The molecule has 0 radical (unpaired) electrons. The minimum atomic E-state index is 0.581. The molecule has 2 aliphatic rings. The van der Waals surface area contributed by atoms with Crippen molar-refractivity contribution < 1.29 is 0 Å². The Hall–Kier alpha value is -0.0800. The fourth-order valence-corrected chi connectivity index (χ4v) is 4.42. The summed E-state index contributed by atoms with van der Waals surface area (Å²) in [5, 5.41) is 0. The number of nitrogens with one attached hydrogen (secondary N) is 1. The number of hydrogen-bond acceptors (Lipinski definition) is 2. The maximum atomic E-state index is 5.90. The van der Waals surface area contributed by atoms with Crippen molar-refractivity contribution in [3.63, 3.8) is 0 Å². The molecule has 0 saturated heterocycles. The van der Waals surface area contributed by atoms with Gasteiger partial charge in [0.25, 0.3) is 0 Å². The lowest BCUT2D eigenvalue weighted by Gasteiger charge is -2.35. The maximum Gasteiger partial charge on any atom is 0.0241 e. The van der Waals surface area contributed by atoms with Gasteiger partial charge >= 0.3 is 0 Å². The van der Waals surface area contributed by atoms with Gasteiger partial charge in [-0.1, -0.05) is 64.7 Å². The van der Waals surface area contributed by atoms with E-state index in [0.717, 1.165) is 17.8 Å². The molecule has 0 spiro atoms. The van der Waals surface area contributed by atoms with E-state index in [2.05, 4.69) is 12.3 Å². The van der Waals surface area contributed by atoms with Gasteiger partial charge in [0.1, 0.15) is 0 Å². The highest BCUT2D eigenvalue weighted by Crippen LogP contribution is 2.36. The fourth-order valence-electron chi connectivity index (χ4n) is 4.42. The predicted octanol–water partition coefficient (Wildman–Crippen LogP) is 4.40. The minimum absolute atomic E-state index is 0.581. The molecule has 0 bridgehead atoms. The summed E-state index contributed by atoms with van der Waals surface area (Å²) in [4.78, 5) is 0. The molecular formula is C17H34N2. The number of rotatable bonds is 5. The zero-order chi connectivity index (χ0) is 13.5. The van der Waals surface area contributed by atoms with Crippen molar-refractivity contribution in [1.29, 1.82) is 0 Å². The highest BCUT2D eigenvalue weighted by Gasteiger charge is 2.29. The molecule has 0 aromatic carbocycles. The van der Waals surface area contributed by atoms with E-state index >= 15 is 0 Å². The predicted molar refractivity (Wildman–Crippen MR) is 82.7 cm³/mol. The van der Waals surface area contributed by atoms with Gasteiger partial charge in [-0.05, 0) is 37.0 Å². The molecule has 2 rings (SSSR count). The molecule has 3 unspecified atom stereocenters. The monoisotopic (exact) mass is 266 g/mol. The van der Waals surface area contributed by atoms with E-state index in [-0.39, 0.29) is 0 Å². The van der Waals surface area contributed by atoms with Crippen LogP contribution in [0.3, 0.4) is 0 Å². The smallest absolute Gasteiger partial charge is 0.0241 e. The third-order valence-electron chi connectivity index (χ3n) is 5.75. The topological polar surface area (TPSA) is 38.0 Å². The van der Waals surface area contributed by atoms with Crippen LogP contribution >= 0.6 is 0 Å². The SMILES string of the molecule is CCC1CCCC(C(CC2CCCCCC2)NN)C1. The van der Waals surface area contributed by atoms with Crippen molar-refractivity contribution in [2.24, 2.45) is 23.6 Å². The summed E-state index contributed by atoms with van der Waals surface area (Å²) in [6, 6.07) is 0.581. The zero-order valence-corrected chi connectivity index (χ0v) is 12.9. The molecule has 0 aromatic heterocycles. The van der Waals surface area contributed by atoms with Crippen LogP contribution < -0.4 is 11.3 Å². The lowest BCUT2D eigenvalue weighted by Crippen LogP contribution is -2.43. The molecule has 0 heterocycles. The molecule has 112 valence electrons. The van der Waals surface area contributed by atoms with E-state index in [1.165, 1.54) is 77.0 Å². The summed E-state index contributed by atoms with van der Waals surface area (Å²) in [7, 11) is 0. The van der Waals surface area contributed by atoms with E-state index in [0.29, 0.717) is 6.04 Å². The Balaban J connectivity index is 1.84. The van der Waals surface area contributed by atoms with Crippen LogP contribution in [0.5, 0.6) is 0 Å². The standard InChI is InChI=1S/C17H34N2/c1-2-14-10-7-11-16(12-14)17(19-18)13-15-8-5-3-4-6-9-15/h14-17,19H,2-13,18H2,1H3. The largest absolute Gasteiger partial charge is 0.271 e. The van der Waals surface area contributed by atoms with Crippen molar-refractivity contribution in [2.45, 2.75) is 90.0 Å². The van der Waals surface area contributed by atoms with E-state index in [4.69, 9.17) is 5.84 Å². The van der Waals surface area contributed by atoms with Crippen molar-refractivity contribution >= 4 is 0 Å². The van der Waals surface area contributed by atoms with Gasteiger partial charge in [-0.3, -0.25) is 11.3 Å². The summed E-state index contributed by atoms with van der Waals surface area (Å²) < 4.78 is 0. The van der Waals surface area contributed by atoms with Crippen LogP contribution in [-0.4, -0.2) is 6.04 Å². The second-order valence-corrected chi connectivity index (χ2v) is 7.07. The van der Waals surface area contributed by atoms with E-state index in [9.17, 15) is 0 Å². The molecule has 2 heteroatoms. The van der Waals surface area contributed by atoms with Crippen molar-refractivity contribution in [3.8, 4) is 0 Å². The summed E-state index contributed by atoms with van der Waals surface area (Å²) in [6.07, 6.45) is 17.1. The molecule has 0 aliphatic heterocycles. The molecule has 2 fully saturated rings. The van der Waals surface area contributed by atoms with Gasteiger partial charge in [0.2, 0.25) is 0 Å². The number of nitrogens with two attached hydrogens (primary N) is 1. The molecule has 3 N–H and O–H groups in total. The van der Waals surface area contributed by atoms with Crippen molar-refractivity contribution in [2.75, 3.05) is 0 Å². The van der Waals surface area contributed by atoms with Crippen LogP contribution in [0, 0.1) is 17.8 Å². The van der Waals surface area contributed by atoms with E-state index in [1.807, 2.05) is 0 Å². The zero-order valence-electron chi connectivity index (χ0n) is 12.9. The Kier molecular flexibility index (Phi) is 6.66. The van der Waals surface area contributed by atoms with Crippen LogP contribution in [0.2, 0.25) is 0 Å². The molecule has 0 amide bonds. The van der Waals surface area contributed by atoms with Gasteiger partial charge in [-0.15, -0.1) is 0 Å². The molecule has 2 nitrogen and oxygen atoms in total. The molecule has 3 atom stereocenters. The van der Waals surface area contributed by atoms with Gasteiger partial charge in [-0.25, -0.2) is 0 Å². The lowest BCUT2D eigenvalue weighted by atomic mass is 9.74.